The Morgan fingerprint density at radius 2 is 2.06 bits per heavy atom. The summed E-state index contributed by atoms with van der Waals surface area (Å²) < 4.78 is 16.0. The molecule has 1 atom stereocenters. The lowest BCUT2D eigenvalue weighted by Gasteiger charge is -2.24. The third kappa shape index (κ3) is 1.73. The summed E-state index contributed by atoms with van der Waals surface area (Å²) >= 11 is 0. The molecular formula is C13H14O4. The van der Waals surface area contributed by atoms with E-state index >= 15 is 0 Å². The van der Waals surface area contributed by atoms with Gasteiger partial charge in [0.1, 0.15) is 6.10 Å². The van der Waals surface area contributed by atoms with Crippen LogP contribution in [0.2, 0.25) is 0 Å². The second-order valence-corrected chi connectivity index (χ2v) is 4.38. The minimum absolute atomic E-state index is 0.000344. The fraction of sp³-hybridized carbons (Fsp3) is 0.462. The molecule has 0 aliphatic carbocycles. The van der Waals surface area contributed by atoms with E-state index in [1.54, 1.807) is 6.07 Å². The lowest BCUT2D eigenvalue weighted by atomic mass is 9.96. The van der Waals surface area contributed by atoms with Gasteiger partial charge in [0, 0.05) is 6.42 Å². The lowest BCUT2D eigenvalue weighted by molar-refractivity contribution is 0.0236. The maximum atomic E-state index is 11.9. The Balaban J connectivity index is 1.96. The Morgan fingerprint density at radius 1 is 1.29 bits per heavy atom. The maximum Gasteiger partial charge on any atom is 0.338 e. The molecule has 4 heteroatoms. The van der Waals surface area contributed by atoms with Crippen molar-refractivity contribution in [3.63, 3.8) is 0 Å². The second-order valence-electron chi connectivity index (χ2n) is 4.38. The first-order valence-electron chi connectivity index (χ1n) is 5.91. The van der Waals surface area contributed by atoms with Crippen molar-refractivity contribution in [2.45, 2.75) is 32.3 Å². The largest absolute Gasteiger partial charge is 0.458 e. The van der Waals surface area contributed by atoms with Gasteiger partial charge in [-0.15, -0.1) is 0 Å². The first kappa shape index (κ1) is 10.4. The van der Waals surface area contributed by atoms with Gasteiger partial charge in [0.25, 0.3) is 0 Å². The second kappa shape index (κ2) is 3.95. The first-order chi connectivity index (χ1) is 8.28. The smallest absolute Gasteiger partial charge is 0.338 e. The van der Waals surface area contributed by atoms with Crippen LogP contribution in [0.5, 0.6) is 11.5 Å². The zero-order chi connectivity index (χ0) is 11.8. The summed E-state index contributed by atoms with van der Waals surface area (Å²) in [4.78, 5) is 11.9. The number of esters is 1. The van der Waals surface area contributed by atoms with Gasteiger partial charge in [-0.3, -0.25) is 0 Å². The topological polar surface area (TPSA) is 44.8 Å². The van der Waals surface area contributed by atoms with E-state index in [4.69, 9.17) is 14.2 Å². The van der Waals surface area contributed by atoms with Crippen molar-refractivity contribution in [3.05, 3.63) is 23.3 Å². The van der Waals surface area contributed by atoms with Gasteiger partial charge in [-0.1, -0.05) is 13.3 Å². The molecule has 0 amide bonds. The molecule has 2 aliphatic rings. The predicted molar refractivity (Wildman–Crippen MR) is 60.4 cm³/mol. The molecule has 0 unspecified atom stereocenters. The predicted octanol–water partition coefficient (Wildman–Crippen LogP) is 2.30. The molecular weight excluding hydrogens is 220 g/mol. The Kier molecular flexibility index (Phi) is 2.42. The molecule has 4 nitrogen and oxygen atoms in total. The van der Waals surface area contributed by atoms with Crippen LogP contribution in [0, 0.1) is 0 Å². The molecule has 0 N–H and O–H groups in total. The SMILES string of the molecule is CCC[C@H]1Cc2cc3c(cc2C(=O)O1)OCO3. The number of ether oxygens (including phenoxy) is 3. The number of benzene rings is 1. The summed E-state index contributed by atoms with van der Waals surface area (Å²) in [6.45, 7) is 2.31. The van der Waals surface area contributed by atoms with Gasteiger partial charge < -0.3 is 14.2 Å². The van der Waals surface area contributed by atoms with E-state index < -0.39 is 0 Å². The van der Waals surface area contributed by atoms with Crippen LogP contribution in [0.4, 0.5) is 0 Å². The van der Waals surface area contributed by atoms with Crippen molar-refractivity contribution in [2.24, 2.45) is 0 Å². The molecule has 3 rings (SSSR count). The Morgan fingerprint density at radius 3 is 2.82 bits per heavy atom. The van der Waals surface area contributed by atoms with E-state index in [9.17, 15) is 4.79 Å². The van der Waals surface area contributed by atoms with Gasteiger partial charge in [0.05, 0.1) is 5.56 Å². The van der Waals surface area contributed by atoms with Crippen LogP contribution in [0.1, 0.15) is 35.7 Å². The van der Waals surface area contributed by atoms with Crippen LogP contribution in [0.15, 0.2) is 12.1 Å². The van der Waals surface area contributed by atoms with Crippen LogP contribution in [0.25, 0.3) is 0 Å². The summed E-state index contributed by atoms with van der Waals surface area (Å²) in [5.74, 6) is 1.12. The minimum atomic E-state index is -0.247. The molecule has 0 aromatic heterocycles. The molecule has 0 bridgehead atoms. The number of fused-ring (bicyclic) bond motifs is 2. The quantitative estimate of drug-likeness (QED) is 0.736. The average molecular weight is 234 g/mol. The van der Waals surface area contributed by atoms with Crippen LogP contribution >= 0.6 is 0 Å². The van der Waals surface area contributed by atoms with E-state index in [1.165, 1.54) is 0 Å². The highest BCUT2D eigenvalue weighted by Crippen LogP contribution is 2.37. The third-order valence-electron chi connectivity index (χ3n) is 3.15. The van der Waals surface area contributed by atoms with Crippen LogP contribution in [-0.4, -0.2) is 18.9 Å². The summed E-state index contributed by atoms with van der Waals surface area (Å²) in [6, 6.07) is 3.63. The zero-order valence-electron chi connectivity index (χ0n) is 9.69. The Hall–Kier alpha value is -1.71. The van der Waals surface area contributed by atoms with Gasteiger partial charge in [-0.05, 0) is 24.1 Å². The number of hydrogen-bond donors (Lipinski definition) is 0. The third-order valence-corrected chi connectivity index (χ3v) is 3.15. The Labute approximate surface area is 99.5 Å². The van der Waals surface area contributed by atoms with E-state index in [2.05, 4.69) is 6.92 Å². The van der Waals surface area contributed by atoms with Crippen LogP contribution in [0.3, 0.4) is 0 Å². The molecule has 1 aromatic carbocycles. The highest BCUT2D eigenvalue weighted by molar-refractivity contribution is 5.93. The molecule has 17 heavy (non-hydrogen) atoms. The van der Waals surface area contributed by atoms with Gasteiger partial charge >= 0.3 is 5.97 Å². The molecule has 0 saturated heterocycles. The van der Waals surface area contributed by atoms with Crippen molar-refractivity contribution in [3.8, 4) is 11.5 Å². The first-order valence-corrected chi connectivity index (χ1v) is 5.91. The van der Waals surface area contributed by atoms with E-state index in [1.807, 2.05) is 6.07 Å². The van der Waals surface area contributed by atoms with Crippen molar-refractivity contribution in [2.75, 3.05) is 6.79 Å². The summed E-state index contributed by atoms with van der Waals surface area (Å²) in [5, 5.41) is 0. The highest BCUT2D eigenvalue weighted by Gasteiger charge is 2.29. The average Bonchev–Trinajstić information content (AvgIpc) is 2.74. The van der Waals surface area contributed by atoms with Crippen molar-refractivity contribution >= 4 is 5.97 Å². The Bertz CT molecular complexity index is 467. The molecule has 0 saturated carbocycles. The van der Waals surface area contributed by atoms with Crippen LogP contribution < -0.4 is 9.47 Å². The number of rotatable bonds is 2. The van der Waals surface area contributed by atoms with Crippen molar-refractivity contribution < 1.29 is 19.0 Å². The number of carbonyl (C=O) groups excluding carboxylic acids is 1. The molecule has 0 radical (unpaired) electrons. The van der Waals surface area contributed by atoms with Crippen molar-refractivity contribution in [1.82, 2.24) is 0 Å². The number of hydrogen-bond acceptors (Lipinski definition) is 4. The normalized spacial score (nSPS) is 21.0. The fourth-order valence-electron chi connectivity index (χ4n) is 2.33. The summed E-state index contributed by atoms with van der Waals surface area (Å²) in [6.07, 6.45) is 2.68. The minimum Gasteiger partial charge on any atom is -0.458 e. The fourth-order valence-corrected chi connectivity index (χ4v) is 2.33. The number of carbonyl (C=O) groups is 1. The van der Waals surface area contributed by atoms with Gasteiger partial charge in [-0.25, -0.2) is 4.79 Å². The van der Waals surface area contributed by atoms with E-state index in [0.29, 0.717) is 11.3 Å². The van der Waals surface area contributed by atoms with E-state index in [-0.39, 0.29) is 18.9 Å². The monoisotopic (exact) mass is 234 g/mol. The standard InChI is InChI=1S/C13H14O4/c1-2-3-9-4-8-5-11-12(16-7-15-11)6-10(8)13(14)17-9/h5-6,9H,2-4,7H2,1H3/t9-/m0/s1. The van der Waals surface area contributed by atoms with Crippen molar-refractivity contribution in [1.29, 1.82) is 0 Å². The van der Waals surface area contributed by atoms with Gasteiger partial charge in [0.15, 0.2) is 11.5 Å². The molecule has 0 fully saturated rings. The zero-order valence-corrected chi connectivity index (χ0v) is 9.69. The summed E-state index contributed by atoms with van der Waals surface area (Å²) in [5.41, 5.74) is 1.62. The molecule has 1 aromatic rings. The summed E-state index contributed by atoms with van der Waals surface area (Å²) in [7, 11) is 0. The lowest BCUT2D eigenvalue weighted by Crippen LogP contribution is -2.27. The van der Waals surface area contributed by atoms with Gasteiger partial charge in [-0.2, -0.15) is 0 Å². The highest BCUT2D eigenvalue weighted by atomic mass is 16.7. The maximum absolute atomic E-state index is 11.9. The molecule has 90 valence electrons. The molecule has 0 spiro atoms. The molecule has 2 heterocycles. The number of cyclic esters (lactones) is 1. The van der Waals surface area contributed by atoms with Gasteiger partial charge in [0.2, 0.25) is 6.79 Å². The van der Waals surface area contributed by atoms with Crippen LogP contribution in [-0.2, 0) is 11.2 Å². The van der Waals surface area contributed by atoms with E-state index in [0.717, 1.165) is 30.6 Å². The molecule has 2 aliphatic heterocycles.